The molecule has 1 heterocycles. The van der Waals surface area contributed by atoms with E-state index in [4.69, 9.17) is 0 Å². The highest BCUT2D eigenvalue weighted by molar-refractivity contribution is 5.77. The monoisotopic (exact) mass is 241 g/mol. The molecule has 98 valence electrons. The van der Waals surface area contributed by atoms with Gasteiger partial charge in [-0.05, 0) is 5.92 Å². The van der Waals surface area contributed by atoms with Gasteiger partial charge in [0.25, 0.3) is 0 Å². The Kier molecular flexibility index (Phi) is 5.25. The fourth-order valence-corrected chi connectivity index (χ4v) is 1.79. The van der Waals surface area contributed by atoms with Gasteiger partial charge < -0.3 is 15.1 Å². The standard InChI is InChI=1S/C12H23N3O2/c1-4-11(16)14-5-7-15(8-6-14)12(17)13-9-10(2)3/h10H,4-9H2,1-3H3,(H,13,17). The van der Waals surface area contributed by atoms with Gasteiger partial charge in [-0.15, -0.1) is 0 Å². The number of amides is 3. The minimum absolute atomic E-state index is 0.0118. The zero-order valence-electron chi connectivity index (χ0n) is 11.0. The molecule has 5 nitrogen and oxygen atoms in total. The zero-order valence-corrected chi connectivity index (χ0v) is 11.0. The first kappa shape index (κ1) is 13.8. The number of urea groups is 1. The van der Waals surface area contributed by atoms with Crippen LogP contribution in [0, 0.1) is 5.92 Å². The van der Waals surface area contributed by atoms with Crippen LogP contribution in [-0.4, -0.2) is 54.5 Å². The summed E-state index contributed by atoms with van der Waals surface area (Å²) >= 11 is 0. The van der Waals surface area contributed by atoms with E-state index in [2.05, 4.69) is 19.2 Å². The van der Waals surface area contributed by atoms with Crippen LogP contribution in [0.1, 0.15) is 27.2 Å². The summed E-state index contributed by atoms with van der Waals surface area (Å²) in [5, 5.41) is 2.89. The molecule has 17 heavy (non-hydrogen) atoms. The molecule has 1 saturated heterocycles. The lowest BCUT2D eigenvalue weighted by Crippen LogP contribution is -2.53. The smallest absolute Gasteiger partial charge is 0.317 e. The van der Waals surface area contributed by atoms with Gasteiger partial charge in [-0.2, -0.15) is 0 Å². The van der Waals surface area contributed by atoms with Crippen molar-refractivity contribution in [2.24, 2.45) is 5.92 Å². The van der Waals surface area contributed by atoms with E-state index >= 15 is 0 Å². The molecule has 1 aliphatic rings. The van der Waals surface area contributed by atoms with E-state index in [1.54, 1.807) is 4.90 Å². The van der Waals surface area contributed by atoms with Crippen molar-refractivity contribution in [1.82, 2.24) is 15.1 Å². The predicted octanol–water partition coefficient (Wildman–Crippen LogP) is 0.906. The van der Waals surface area contributed by atoms with Gasteiger partial charge in [0.2, 0.25) is 5.91 Å². The Morgan fingerprint density at radius 3 is 2.12 bits per heavy atom. The number of hydrogen-bond donors (Lipinski definition) is 1. The van der Waals surface area contributed by atoms with Gasteiger partial charge in [0.1, 0.15) is 0 Å². The fourth-order valence-electron chi connectivity index (χ4n) is 1.79. The Morgan fingerprint density at radius 1 is 1.12 bits per heavy atom. The lowest BCUT2D eigenvalue weighted by Gasteiger charge is -2.34. The van der Waals surface area contributed by atoms with Gasteiger partial charge in [0, 0.05) is 39.1 Å². The van der Waals surface area contributed by atoms with Crippen LogP contribution in [0.5, 0.6) is 0 Å². The third-order valence-electron chi connectivity index (χ3n) is 2.88. The number of hydrogen-bond acceptors (Lipinski definition) is 2. The van der Waals surface area contributed by atoms with Gasteiger partial charge in [0.05, 0.1) is 0 Å². The van der Waals surface area contributed by atoms with Crippen molar-refractivity contribution in [3.8, 4) is 0 Å². The first-order valence-electron chi connectivity index (χ1n) is 6.35. The maximum absolute atomic E-state index is 11.8. The molecule has 1 rings (SSSR count). The van der Waals surface area contributed by atoms with Crippen molar-refractivity contribution in [3.05, 3.63) is 0 Å². The minimum Gasteiger partial charge on any atom is -0.339 e. The van der Waals surface area contributed by atoms with Gasteiger partial charge in [-0.25, -0.2) is 4.79 Å². The molecule has 0 spiro atoms. The molecular weight excluding hydrogens is 218 g/mol. The van der Waals surface area contributed by atoms with Crippen LogP contribution < -0.4 is 5.32 Å². The summed E-state index contributed by atoms with van der Waals surface area (Å²) in [5.74, 6) is 0.633. The van der Waals surface area contributed by atoms with E-state index < -0.39 is 0 Å². The first-order valence-corrected chi connectivity index (χ1v) is 6.35. The van der Waals surface area contributed by atoms with Crippen molar-refractivity contribution in [2.75, 3.05) is 32.7 Å². The predicted molar refractivity (Wildman–Crippen MR) is 66.7 cm³/mol. The molecule has 0 aromatic carbocycles. The summed E-state index contributed by atoms with van der Waals surface area (Å²) in [6.07, 6.45) is 0.541. The van der Waals surface area contributed by atoms with Crippen molar-refractivity contribution in [2.45, 2.75) is 27.2 Å². The highest BCUT2D eigenvalue weighted by atomic mass is 16.2. The van der Waals surface area contributed by atoms with Crippen LogP contribution in [0.4, 0.5) is 4.79 Å². The Bertz CT molecular complexity index is 271. The number of nitrogens with one attached hydrogen (secondary N) is 1. The van der Waals surface area contributed by atoms with Crippen LogP contribution in [-0.2, 0) is 4.79 Å². The molecular formula is C12H23N3O2. The molecule has 1 fully saturated rings. The van der Waals surface area contributed by atoms with E-state index in [0.717, 1.165) is 0 Å². The third-order valence-corrected chi connectivity index (χ3v) is 2.88. The molecule has 1 aliphatic heterocycles. The van der Waals surface area contributed by atoms with E-state index in [0.29, 0.717) is 45.1 Å². The lowest BCUT2D eigenvalue weighted by atomic mass is 10.2. The summed E-state index contributed by atoms with van der Waals surface area (Å²) in [5.41, 5.74) is 0. The molecule has 3 amide bonds. The highest BCUT2D eigenvalue weighted by Crippen LogP contribution is 2.04. The topological polar surface area (TPSA) is 52.7 Å². The first-order chi connectivity index (χ1) is 8.04. The quantitative estimate of drug-likeness (QED) is 0.798. The zero-order chi connectivity index (χ0) is 12.8. The summed E-state index contributed by atoms with van der Waals surface area (Å²) in [7, 11) is 0. The summed E-state index contributed by atoms with van der Waals surface area (Å²) < 4.78 is 0. The molecule has 0 atom stereocenters. The SMILES string of the molecule is CCC(=O)N1CCN(C(=O)NCC(C)C)CC1. The number of nitrogens with zero attached hydrogens (tertiary/aromatic N) is 2. The van der Waals surface area contributed by atoms with E-state index in [-0.39, 0.29) is 11.9 Å². The van der Waals surface area contributed by atoms with Crippen LogP contribution >= 0.6 is 0 Å². The third kappa shape index (κ3) is 4.24. The van der Waals surface area contributed by atoms with Gasteiger partial charge in [0.15, 0.2) is 0 Å². The van der Waals surface area contributed by atoms with E-state index in [1.807, 2.05) is 11.8 Å². The normalized spacial score (nSPS) is 16.2. The fraction of sp³-hybridized carbons (Fsp3) is 0.833. The molecule has 0 bridgehead atoms. The summed E-state index contributed by atoms with van der Waals surface area (Å²) in [4.78, 5) is 26.8. The molecule has 0 aliphatic carbocycles. The molecule has 5 heteroatoms. The van der Waals surface area contributed by atoms with E-state index in [1.165, 1.54) is 0 Å². The molecule has 0 radical (unpaired) electrons. The summed E-state index contributed by atoms with van der Waals surface area (Å²) in [6.45, 7) is 9.28. The minimum atomic E-state index is -0.0118. The molecule has 0 saturated carbocycles. The van der Waals surface area contributed by atoms with Crippen LogP contribution in [0.3, 0.4) is 0 Å². The van der Waals surface area contributed by atoms with Gasteiger partial charge >= 0.3 is 6.03 Å². The lowest BCUT2D eigenvalue weighted by molar-refractivity contribution is -0.132. The second kappa shape index (κ2) is 6.47. The largest absolute Gasteiger partial charge is 0.339 e. The highest BCUT2D eigenvalue weighted by Gasteiger charge is 2.22. The molecule has 0 aromatic rings. The van der Waals surface area contributed by atoms with Crippen LogP contribution in [0.25, 0.3) is 0 Å². The van der Waals surface area contributed by atoms with Crippen molar-refractivity contribution in [3.63, 3.8) is 0 Å². The number of piperazine rings is 1. The number of carbonyl (C=O) groups excluding carboxylic acids is 2. The molecule has 0 unspecified atom stereocenters. The summed E-state index contributed by atoms with van der Waals surface area (Å²) in [6, 6.07) is -0.0118. The maximum Gasteiger partial charge on any atom is 0.317 e. The Morgan fingerprint density at radius 2 is 1.65 bits per heavy atom. The number of carbonyl (C=O) groups is 2. The average Bonchev–Trinajstić information content (AvgIpc) is 2.35. The Balaban J connectivity index is 2.31. The molecule has 0 aromatic heterocycles. The number of rotatable bonds is 3. The second-order valence-electron chi connectivity index (χ2n) is 4.80. The Hall–Kier alpha value is -1.26. The van der Waals surface area contributed by atoms with Crippen molar-refractivity contribution in [1.29, 1.82) is 0 Å². The van der Waals surface area contributed by atoms with Crippen LogP contribution in [0.15, 0.2) is 0 Å². The second-order valence-corrected chi connectivity index (χ2v) is 4.80. The molecule has 1 N–H and O–H groups in total. The average molecular weight is 241 g/mol. The van der Waals surface area contributed by atoms with Crippen molar-refractivity contribution >= 4 is 11.9 Å². The van der Waals surface area contributed by atoms with Crippen molar-refractivity contribution < 1.29 is 9.59 Å². The Labute approximate surface area is 103 Å². The van der Waals surface area contributed by atoms with Gasteiger partial charge in [-0.1, -0.05) is 20.8 Å². The van der Waals surface area contributed by atoms with Crippen LogP contribution in [0.2, 0.25) is 0 Å². The maximum atomic E-state index is 11.8. The van der Waals surface area contributed by atoms with Gasteiger partial charge in [-0.3, -0.25) is 4.79 Å². The van der Waals surface area contributed by atoms with E-state index in [9.17, 15) is 9.59 Å².